The number of nitrogens with one attached hydrogen (secondary N) is 1. The highest BCUT2D eigenvalue weighted by Gasteiger charge is 2.34. The Hall–Kier alpha value is -4.03. The van der Waals surface area contributed by atoms with Crippen LogP contribution in [0.25, 0.3) is 17.0 Å². The van der Waals surface area contributed by atoms with E-state index >= 15 is 0 Å². The lowest BCUT2D eigenvalue weighted by Crippen LogP contribution is -2.39. The molecule has 2 N–H and O–H groups in total. The lowest BCUT2D eigenvalue weighted by atomic mass is 9.92. The van der Waals surface area contributed by atoms with Crippen LogP contribution in [-0.4, -0.2) is 34.2 Å². The molecule has 0 aliphatic carbocycles. The highest BCUT2D eigenvalue weighted by Crippen LogP contribution is 2.42. The predicted octanol–water partition coefficient (Wildman–Crippen LogP) is 4.58. The Bertz CT molecular complexity index is 1400. The van der Waals surface area contributed by atoms with Gasteiger partial charge in [-0.3, -0.25) is 4.79 Å². The first-order chi connectivity index (χ1) is 16.7. The van der Waals surface area contributed by atoms with Crippen molar-refractivity contribution in [1.82, 2.24) is 9.88 Å². The molecule has 6 heteroatoms. The predicted molar refractivity (Wildman–Crippen MR) is 130 cm³/mol. The van der Waals surface area contributed by atoms with E-state index in [-0.39, 0.29) is 25.3 Å². The fourth-order valence-electron chi connectivity index (χ4n) is 4.91. The molecule has 1 unspecified atom stereocenters. The van der Waals surface area contributed by atoms with Gasteiger partial charge in [0.1, 0.15) is 0 Å². The number of aromatic nitrogens is 1. The Labute approximate surface area is 197 Å². The number of carbonyl (C=O) groups is 1. The summed E-state index contributed by atoms with van der Waals surface area (Å²) in [6, 6.07) is 21.4. The first kappa shape index (κ1) is 20.6. The van der Waals surface area contributed by atoms with Crippen LogP contribution in [0.2, 0.25) is 0 Å². The number of fused-ring (bicyclic) bond motifs is 4. The molecule has 0 fully saturated rings. The zero-order valence-corrected chi connectivity index (χ0v) is 18.5. The number of ether oxygens (including phenoxy) is 2. The number of aliphatic hydroxyl groups excluding tert-OH is 1. The number of nitrogens with zero attached hydrogens (tertiary/aromatic N) is 1. The second-order valence-corrected chi connectivity index (χ2v) is 8.59. The Morgan fingerprint density at radius 3 is 2.74 bits per heavy atom. The van der Waals surface area contributed by atoms with Gasteiger partial charge in [-0.25, -0.2) is 0 Å². The number of para-hydroxylation sites is 1. The van der Waals surface area contributed by atoms with Crippen LogP contribution in [0.4, 0.5) is 0 Å². The van der Waals surface area contributed by atoms with E-state index in [1.807, 2.05) is 65.6 Å². The molecule has 3 heterocycles. The molecule has 1 amide bonds. The summed E-state index contributed by atoms with van der Waals surface area (Å²) in [4.78, 5) is 19.0. The standard InChI is InChI=1S/C28H24N2O4/c31-16-19-7-5-18(6-8-19)9-12-26(32)30-14-13-22-21-3-1-2-4-23(21)29-27(22)28(30)20-10-11-24-25(15-20)34-17-33-24/h1-12,15,28-29,31H,13-14,16-17H2/b12-9+. The van der Waals surface area contributed by atoms with Crippen molar-refractivity contribution in [2.24, 2.45) is 0 Å². The van der Waals surface area contributed by atoms with E-state index in [9.17, 15) is 9.90 Å². The number of carbonyl (C=O) groups excluding carboxylic acids is 1. The van der Waals surface area contributed by atoms with Crippen molar-refractivity contribution in [3.63, 3.8) is 0 Å². The minimum Gasteiger partial charge on any atom is -0.454 e. The lowest BCUT2D eigenvalue weighted by molar-refractivity contribution is -0.128. The van der Waals surface area contributed by atoms with Crippen molar-refractivity contribution in [3.8, 4) is 11.5 Å². The molecule has 3 aromatic carbocycles. The van der Waals surface area contributed by atoms with Gasteiger partial charge in [0.25, 0.3) is 0 Å². The molecular weight excluding hydrogens is 428 g/mol. The van der Waals surface area contributed by atoms with E-state index in [0.29, 0.717) is 12.3 Å². The minimum atomic E-state index is -0.264. The van der Waals surface area contributed by atoms with Gasteiger partial charge in [0.15, 0.2) is 11.5 Å². The summed E-state index contributed by atoms with van der Waals surface area (Å²) >= 11 is 0. The van der Waals surface area contributed by atoms with Gasteiger partial charge >= 0.3 is 0 Å². The van der Waals surface area contributed by atoms with Crippen molar-refractivity contribution in [1.29, 1.82) is 0 Å². The molecule has 0 spiro atoms. The summed E-state index contributed by atoms with van der Waals surface area (Å²) in [6.07, 6.45) is 4.23. The van der Waals surface area contributed by atoms with Gasteiger partial charge in [0.05, 0.1) is 12.6 Å². The van der Waals surface area contributed by atoms with Crippen LogP contribution in [-0.2, 0) is 17.8 Å². The number of aromatic amines is 1. The average Bonchev–Trinajstić information content (AvgIpc) is 3.51. The monoisotopic (exact) mass is 452 g/mol. The van der Waals surface area contributed by atoms with Crippen molar-refractivity contribution in [2.75, 3.05) is 13.3 Å². The molecule has 6 nitrogen and oxygen atoms in total. The van der Waals surface area contributed by atoms with Crippen molar-refractivity contribution in [2.45, 2.75) is 19.1 Å². The van der Waals surface area contributed by atoms with Gasteiger partial charge < -0.3 is 24.5 Å². The largest absolute Gasteiger partial charge is 0.454 e. The molecule has 6 rings (SSSR count). The van der Waals surface area contributed by atoms with E-state index in [0.717, 1.165) is 40.1 Å². The summed E-state index contributed by atoms with van der Waals surface area (Å²) < 4.78 is 11.1. The number of H-pyrrole nitrogens is 1. The normalized spacial score (nSPS) is 16.9. The summed E-state index contributed by atoms with van der Waals surface area (Å²) in [5.41, 5.74) is 6.10. The smallest absolute Gasteiger partial charge is 0.247 e. The van der Waals surface area contributed by atoms with Crippen LogP contribution in [0.5, 0.6) is 11.5 Å². The first-order valence-corrected chi connectivity index (χ1v) is 11.4. The zero-order valence-electron chi connectivity index (χ0n) is 18.5. The fraction of sp³-hybridized carbons (Fsp3) is 0.179. The van der Waals surface area contributed by atoms with E-state index in [1.165, 1.54) is 10.9 Å². The van der Waals surface area contributed by atoms with Gasteiger partial charge in [-0.1, -0.05) is 48.5 Å². The molecule has 2 aliphatic heterocycles. The third-order valence-corrected chi connectivity index (χ3v) is 6.61. The molecule has 34 heavy (non-hydrogen) atoms. The van der Waals surface area contributed by atoms with Gasteiger partial charge in [-0.05, 0) is 52.9 Å². The average molecular weight is 453 g/mol. The number of hydrogen-bond donors (Lipinski definition) is 2. The molecule has 1 aromatic heterocycles. The maximum Gasteiger partial charge on any atom is 0.247 e. The number of hydrogen-bond acceptors (Lipinski definition) is 4. The van der Waals surface area contributed by atoms with Gasteiger partial charge in [-0.15, -0.1) is 0 Å². The lowest BCUT2D eigenvalue weighted by Gasteiger charge is -2.35. The number of rotatable bonds is 4. The van der Waals surface area contributed by atoms with Gasteiger partial charge in [0, 0.05) is 29.2 Å². The zero-order chi connectivity index (χ0) is 23.1. The van der Waals surface area contributed by atoms with E-state index < -0.39 is 0 Å². The SMILES string of the molecule is O=C(/C=C/c1ccc(CO)cc1)N1CCc2c([nH]c3ccccc23)C1c1ccc2c(c1)OCO2. The van der Waals surface area contributed by atoms with Crippen molar-refractivity contribution in [3.05, 3.63) is 101 Å². The van der Waals surface area contributed by atoms with Crippen LogP contribution < -0.4 is 9.47 Å². The number of aliphatic hydroxyl groups is 1. The Morgan fingerprint density at radius 2 is 1.88 bits per heavy atom. The summed E-state index contributed by atoms with van der Waals surface area (Å²) in [5.74, 6) is 1.37. The second-order valence-electron chi connectivity index (χ2n) is 8.59. The maximum absolute atomic E-state index is 13.5. The Balaban J connectivity index is 1.39. The molecule has 0 saturated carbocycles. The van der Waals surface area contributed by atoms with E-state index in [1.54, 1.807) is 6.08 Å². The molecule has 0 saturated heterocycles. The second kappa shape index (κ2) is 8.39. The third-order valence-electron chi connectivity index (χ3n) is 6.61. The van der Waals surface area contributed by atoms with Crippen molar-refractivity contribution < 1.29 is 19.4 Å². The van der Waals surface area contributed by atoms with Crippen LogP contribution in [0.1, 0.15) is 34.0 Å². The highest BCUT2D eigenvalue weighted by molar-refractivity contribution is 5.93. The van der Waals surface area contributed by atoms with Gasteiger partial charge in [0.2, 0.25) is 12.7 Å². The molecular formula is C28H24N2O4. The minimum absolute atomic E-state index is 0.000743. The van der Waals surface area contributed by atoms with Gasteiger partial charge in [-0.2, -0.15) is 0 Å². The van der Waals surface area contributed by atoms with Crippen molar-refractivity contribution >= 4 is 22.9 Å². The first-order valence-electron chi connectivity index (χ1n) is 11.4. The molecule has 2 aliphatic rings. The molecule has 0 bridgehead atoms. The fourth-order valence-corrected chi connectivity index (χ4v) is 4.91. The number of amides is 1. The third kappa shape index (κ3) is 3.53. The van der Waals surface area contributed by atoms with Crippen LogP contribution in [0, 0.1) is 0 Å². The molecule has 170 valence electrons. The quantitative estimate of drug-likeness (QED) is 0.445. The van der Waals surface area contributed by atoms with Crippen LogP contribution in [0.15, 0.2) is 72.8 Å². The topological polar surface area (TPSA) is 74.8 Å². The molecule has 4 aromatic rings. The maximum atomic E-state index is 13.5. The highest BCUT2D eigenvalue weighted by atomic mass is 16.7. The summed E-state index contributed by atoms with van der Waals surface area (Å²) in [6.45, 7) is 0.822. The number of benzene rings is 3. The molecule has 0 radical (unpaired) electrons. The van der Waals surface area contributed by atoms with Crippen LogP contribution >= 0.6 is 0 Å². The molecule has 1 atom stereocenters. The Kier molecular flexibility index (Phi) is 5.08. The van der Waals surface area contributed by atoms with E-state index in [2.05, 4.69) is 17.1 Å². The summed E-state index contributed by atoms with van der Waals surface area (Å²) in [7, 11) is 0. The van der Waals surface area contributed by atoms with Crippen LogP contribution in [0.3, 0.4) is 0 Å². The summed E-state index contributed by atoms with van der Waals surface area (Å²) in [5, 5.41) is 10.5. The van der Waals surface area contributed by atoms with E-state index in [4.69, 9.17) is 9.47 Å². The Morgan fingerprint density at radius 1 is 1.06 bits per heavy atom.